The van der Waals surface area contributed by atoms with Gasteiger partial charge >= 0.3 is 0 Å². The van der Waals surface area contributed by atoms with E-state index in [2.05, 4.69) is 20.5 Å². The molecule has 5 nitrogen and oxygen atoms in total. The van der Waals surface area contributed by atoms with E-state index < -0.39 is 0 Å². The summed E-state index contributed by atoms with van der Waals surface area (Å²) in [6.45, 7) is 2.68. The number of morpholine rings is 1. The molecule has 2 aromatic heterocycles. The standard InChI is InChI=1S/C19H20FN3O2/c1-22-8-4-7-16(22)17-13-24-10-9-23(17)12-19-21-11-18(25-19)14-5-2-3-6-15(14)20/h2-8,11,17H,9-10,12-13H2,1H3. The molecule has 0 spiro atoms. The average molecular weight is 341 g/mol. The Kier molecular flexibility index (Phi) is 4.38. The molecule has 0 amide bonds. The van der Waals surface area contributed by atoms with Crippen LogP contribution in [-0.2, 0) is 18.3 Å². The molecule has 1 aliphatic rings. The Labute approximate surface area is 145 Å². The highest BCUT2D eigenvalue weighted by atomic mass is 19.1. The smallest absolute Gasteiger partial charge is 0.209 e. The first kappa shape index (κ1) is 16.1. The van der Waals surface area contributed by atoms with E-state index in [-0.39, 0.29) is 11.9 Å². The van der Waals surface area contributed by atoms with Crippen LogP contribution in [0.1, 0.15) is 17.6 Å². The third-order valence-electron chi connectivity index (χ3n) is 4.60. The minimum absolute atomic E-state index is 0.151. The summed E-state index contributed by atoms with van der Waals surface area (Å²) >= 11 is 0. The van der Waals surface area contributed by atoms with Crippen LogP contribution in [0, 0.1) is 5.82 Å². The largest absolute Gasteiger partial charge is 0.439 e. The van der Waals surface area contributed by atoms with Gasteiger partial charge in [-0.15, -0.1) is 0 Å². The Morgan fingerprint density at radius 3 is 2.92 bits per heavy atom. The summed E-state index contributed by atoms with van der Waals surface area (Å²) in [7, 11) is 2.03. The summed E-state index contributed by atoms with van der Waals surface area (Å²) in [5, 5.41) is 0. The van der Waals surface area contributed by atoms with Gasteiger partial charge in [-0.3, -0.25) is 4.90 Å². The Morgan fingerprint density at radius 2 is 2.12 bits per heavy atom. The lowest BCUT2D eigenvalue weighted by molar-refractivity contribution is -0.0185. The van der Waals surface area contributed by atoms with E-state index in [4.69, 9.17) is 9.15 Å². The molecule has 0 bridgehead atoms. The summed E-state index contributed by atoms with van der Waals surface area (Å²) < 4.78 is 27.5. The van der Waals surface area contributed by atoms with Crippen molar-refractivity contribution in [3.8, 4) is 11.3 Å². The number of halogens is 1. The molecule has 6 heteroatoms. The van der Waals surface area contributed by atoms with Crippen molar-refractivity contribution in [1.29, 1.82) is 0 Å². The van der Waals surface area contributed by atoms with Crippen molar-refractivity contribution in [3.05, 3.63) is 66.2 Å². The number of hydrogen-bond acceptors (Lipinski definition) is 4. The van der Waals surface area contributed by atoms with Gasteiger partial charge in [-0.25, -0.2) is 9.37 Å². The van der Waals surface area contributed by atoms with E-state index in [9.17, 15) is 4.39 Å². The highest BCUT2D eigenvalue weighted by Crippen LogP contribution is 2.28. The number of nitrogens with zero attached hydrogens (tertiary/aromatic N) is 3. The van der Waals surface area contributed by atoms with Crippen molar-refractivity contribution >= 4 is 0 Å². The van der Waals surface area contributed by atoms with Crippen LogP contribution < -0.4 is 0 Å². The number of hydrogen-bond donors (Lipinski definition) is 0. The van der Waals surface area contributed by atoms with Gasteiger partial charge < -0.3 is 13.7 Å². The maximum Gasteiger partial charge on any atom is 0.209 e. The Hall–Kier alpha value is -2.44. The lowest BCUT2D eigenvalue weighted by Crippen LogP contribution is -2.39. The second kappa shape index (κ2) is 6.82. The molecule has 25 heavy (non-hydrogen) atoms. The zero-order valence-corrected chi connectivity index (χ0v) is 14.1. The lowest BCUT2D eigenvalue weighted by Gasteiger charge is -2.35. The fourth-order valence-corrected chi connectivity index (χ4v) is 3.26. The second-order valence-corrected chi connectivity index (χ2v) is 6.20. The van der Waals surface area contributed by atoms with Gasteiger partial charge in [-0.2, -0.15) is 0 Å². The van der Waals surface area contributed by atoms with Crippen molar-refractivity contribution in [2.75, 3.05) is 19.8 Å². The molecular weight excluding hydrogens is 321 g/mol. The van der Waals surface area contributed by atoms with Crippen molar-refractivity contribution < 1.29 is 13.5 Å². The molecule has 1 unspecified atom stereocenters. The van der Waals surface area contributed by atoms with E-state index >= 15 is 0 Å². The van der Waals surface area contributed by atoms with E-state index in [0.717, 1.165) is 6.54 Å². The van der Waals surface area contributed by atoms with Gasteiger partial charge in [-0.05, 0) is 24.3 Å². The van der Waals surface area contributed by atoms with Crippen LogP contribution in [0.15, 0.2) is 53.2 Å². The van der Waals surface area contributed by atoms with Crippen LogP contribution >= 0.6 is 0 Å². The van der Waals surface area contributed by atoms with Crippen molar-refractivity contribution in [2.45, 2.75) is 12.6 Å². The fourth-order valence-electron chi connectivity index (χ4n) is 3.26. The van der Waals surface area contributed by atoms with Gasteiger partial charge in [0.25, 0.3) is 0 Å². The molecule has 3 aromatic rings. The summed E-state index contributed by atoms with van der Waals surface area (Å²) in [4.78, 5) is 6.63. The Balaban J connectivity index is 1.55. The van der Waals surface area contributed by atoms with E-state index in [0.29, 0.717) is 37.0 Å². The molecule has 0 saturated carbocycles. The first-order valence-electron chi connectivity index (χ1n) is 8.35. The van der Waals surface area contributed by atoms with Crippen LogP contribution in [0.5, 0.6) is 0 Å². The van der Waals surface area contributed by atoms with Gasteiger partial charge in [0.2, 0.25) is 5.89 Å². The van der Waals surface area contributed by atoms with Crippen LogP contribution in [-0.4, -0.2) is 34.2 Å². The minimum atomic E-state index is -0.307. The van der Waals surface area contributed by atoms with Gasteiger partial charge in [0, 0.05) is 25.5 Å². The summed E-state index contributed by atoms with van der Waals surface area (Å²) in [5.41, 5.74) is 1.63. The third kappa shape index (κ3) is 3.23. The predicted octanol–water partition coefficient (Wildman–Crippen LogP) is 3.39. The van der Waals surface area contributed by atoms with Gasteiger partial charge in [0.1, 0.15) is 5.82 Å². The number of aryl methyl sites for hydroxylation is 1. The minimum Gasteiger partial charge on any atom is -0.439 e. The van der Waals surface area contributed by atoms with E-state index in [1.807, 2.05) is 19.3 Å². The maximum atomic E-state index is 13.9. The zero-order chi connectivity index (χ0) is 17.2. The normalized spacial score (nSPS) is 18.6. The highest BCUT2D eigenvalue weighted by Gasteiger charge is 2.27. The van der Waals surface area contributed by atoms with Gasteiger partial charge in [0.15, 0.2) is 5.76 Å². The number of ether oxygens (including phenoxy) is 1. The second-order valence-electron chi connectivity index (χ2n) is 6.20. The average Bonchev–Trinajstić information content (AvgIpc) is 3.25. The molecule has 1 atom stereocenters. The molecule has 3 heterocycles. The predicted molar refractivity (Wildman–Crippen MR) is 91.3 cm³/mol. The summed E-state index contributed by atoms with van der Waals surface area (Å²) in [6, 6.07) is 10.8. The van der Waals surface area contributed by atoms with Crippen molar-refractivity contribution in [1.82, 2.24) is 14.5 Å². The topological polar surface area (TPSA) is 43.4 Å². The SMILES string of the molecule is Cn1cccc1C1COCCN1Cc1ncc(-c2ccccc2F)o1. The van der Waals surface area contributed by atoms with E-state index in [1.54, 1.807) is 24.4 Å². The molecule has 1 fully saturated rings. The van der Waals surface area contributed by atoms with Gasteiger partial charge in [-0.1, -0.05) is 12.1 Å². The third-order valence-corrected chi connectivity index (χ3v) is 4.60. The van der Waals surface area contributed by atoms with E-state index in [1.165, 1.54) is 11.8 Å². The summed E-state index contributed by atoms with van der Waals surface area (Å²) in [5.74, 6) is 0.731. The Morgan fingerprint density at radius 1 is 1.24 bits per heavy atom. The molecule has 130 valence electrons. The Bertz CT molecular complexity index is 858. The first-order valence-corrected chi connectivity index (χ1v) is 8.35. The first-order chi connectivity index (χ1) is 12.2. The molecular formula is C19H20FN3O2. The number of rotatable bonds is 4. The number of aromatic nitrogens is 2. The molecule has 1 saturated heterocycles. The summed E-state index contributed by atoms with van der Waals surface area (Å²) in [6.07, 6.45) is 3.62. The van der Waals surface area contributed by atoms with Crippen molar-refractivity contribution in [3.63, 3.8) is 0 Å². The molecule has 0 aliphatic carbocycles. The van der Waals surface area contributed by atoms with Crippen LogP contribution in [0.3, 0.4) is 0 Å². The molecule has 0 radical (unpaired) electrons. The number of benzene rings is 1. The number of oxazole rings is 1. The fraction of sp³-hybridized carbons (Fsp3) is 0.316. The quantitative estimate of drug-likeness (QED) is 0.730. The van der Waals surface area contributed by atoms with Crippen molar-refractivity contribution in [2.24, 2.45) is 7.05 Å². The monoisotopic (exact) mass is 341 g/mol. The molecule has 4 rings (SSSR count). The van der Waals surface area contributed by atoms with Gasteiger partial charge in [0.05, 0.1) is 37.6 Å². The molecule has 0 N–H and O–H groups in total. The van der Waals surface area contributed by atoms with Crippen LogP contribution in [0.2, 0.25) is 0 Å². The van der Waals surface area contributed by atoms with Crippen LogP contribution in [0.4, 0.5) is 4.39 Å². The van der Waals surface area contributed by atoms with Crippen LogP contribution in [0.25, 0.3) is 11.3 Å². The molecule has 1 aromatic carbocycles. The highest BCUT2D eigenvalue weighted by molar-refractivity contribution is 5.56. The maximum absolute atomic E-state index is 13.9. The zero-order valence-electron chi connectivity index (χ0n) is 14.1. The molecule has 1 aliphatic heterocycles. The lowest BCUT2D eigenvalue weighted by atomic mass is 10.1.